The molecular formula is C16H15F2N5O2S. The molecule has 2 heterocycles. The lowest BCUT2D eigenvalue weighted by atomic mass is 10.2. The number of anilines is 1. The quantitative estimate of drug-likeness (QED) is 0.642. The Morgan fingerprint density at radius 1 is 1.31 bits per heavy atom. The van der Waals surface area contributed by atoms with Crippen LogP contribution >= 0.6 is 11.8 Å². The largest absolute Gasteiger partial charge is 0.323 e. The van der Waals surface area contributed by atoms with Crippen molar-refractivity contribution in [3.05, 3.63) is 51.9 Å². The number of halogens is 2. The Kier molecular flexibility index (Phi) is 5.31. The van der Waals surface area contributed by atoms with Gasteiger partial charge in [-0.1, -0.05) is 25.1 Å². The SMILES string of the molecule is CCCc1cc(=O)[nH]c2nnc(SCC(=O)Nc3ccc(F)cc3F)n12. The summed E-state index contributed by atoms with van der Waals surface area (Å²) >= 11 is 1.10. The van der Waals surface area contributed by atoms with Gasteiger partial charge in [-0.15, -0.1) is 10.2 Å². The minimum atomic E-state index is -0.848. The third kappa shape index (κ3) is 3.90. The smallest absolute Gasteiger partial charge is 0.252 e. The zero-order chi connectivity index (χ0) is 18.7. The van der Waals surface area contributed by atoms with Crippen LogP contribution in [-0.4, -0.2) is 31.2 Å². The van der Waals surface area contributed by atoms with Gasteiger partial charge < -0.3 is 5.32 Å². The predicted molar refractivity (Wildman–Crippen MR) is 93.3 cm³/mol. The van der Waals surface area contributed by atoms with Crippen molar-refractivity contribution in [3.63, 3.8) is 0 Å². The van der Waals surface area contributed by atoms with Crippen LogP contribution in [0.15, 0.2) is 34.2 Å². The number of nitrogens with one attached hydrogen (secondary N) is 2. The van der Waals surface area contributed by atoms with Crippen molar-refractivity contribution in [1.82, 2.24) is 19.6 Å². The molecule has 0 radical (unpaired) electrons. The molecule has 3 aromatic rings. The molecule has 0 unspecified atom stereocenters. The molecule has 0 bridgehead atoms. The number of hydrogen-bond acceptors (Lipinski definition) is 5. The number of aromatic amines is 1. The zero-order valence-electron chi connectivity index (χ0n) is 13.8. The maximum atomic E-state index is 13.6. The molecule has 2 aromatic heterocycles. The minimum absolute atomic E-state index is 0.0533. The second-order valence-corrected chi connectivity index (χ2v) is 6.42. The number of nitrogens with zero attached hydrogens (tertiary/aromatic N) is 3. The number of benzene rings is 1. The van der Waals surface area contributed by atoms with Gasteiger partial charge in [0.1, 0.15) is 11.6 Å². The number of H-pyrrole nitrogens is 1. The van der Waals surface area contributed by atoms with Crippen LogP contribution in [0.4, 0.5) is 14.5 Å². The summed E-state index contributed by atoms with van der Waals surface area (Å²) in [4.78, 5) is 26.3. The first kappa shape index (κ1) is 18.1. The van der Waals surface area contributed by atoms with Crippen LogP contribution in [0.2, 0.25) is 0 Å². The number of aryl methyl sites for hydroxylation is 1. The molecule has 0 aliphatic heterocycles. The Morgan fingerprint density at radius 3 is 2.85 bits per heavy atom. The number of rotatable bonds is 6. The highest BCUT2D eigenvalue weighted by Gasteiger charge is 2.14. The van der Waals surface area contributed by atoms with E-state index in [1.807, 2.05) is 6.92 Å². The maximum Gasteiger partial charge on any atom is 0.252 e. The highest BCUT2D eigenvalue weighted by atomic mass is 32.2. The standard InChI is InChI=1S/C16H15F2N5O2S/c1-2-3-10-7-13(24)20-15-21-22-16(23(10)15)26-8-14(25)19-12-5-4-9(17)6-11(12)18/h4-7H,2-3,8H2,1H3,(H,19,25)(H,20,21,24). The fraction of sp³-hybridized carbons (Fsp3) is 0.250. The first-order valence-corrected chi connectivity index (χ1v) is 8.81. The van der Waals surface area contributed by atoms with Crippen LogP contribution in [0.1, 0.15) is 19.0 Å². The van der Waals surface area contributed by atoms with E-state index >= 15 is 0 Å². The van der Waals surface area contributed by atoms with Gasteiger partial charge in [-0.2, -0.15) is 0 Å². The zero-order valence-corrected chi connectivity index (χ0v) is 14.6. The number of amides is 1. The summed E-state index contributed by atoms with van der Waals surface area (Å²) in [6, 6.07) is 4.38. The van der Waals surface area contributed by atoms with Gasteiger partial charge in [0.25, 0.3) is 5.56 Å². The molecule has 10 heteroatoms. The molecule has 2 N–H and O–H groups in total. The van der Waals surface area contributed by atoms with Gasteiger partial charge in [-0.3, -0.25) is 19.0 Å². The van der Waals surface area contributed by atoms with Gasteiger partial charge in [0.15, 0.2) is 5.16 Å². The lowest BCUT2D eigenvalue weighted by Gasteiger charge is -2.07. The van der Waals surface area contributed by atoms with Gasteiger partial charge >= 0.3 is 0 Å². The molecule has 0 aliphatic rings. The highest BCUT2D eigenvalue weighted by Crippen LogP contribution is 2.20. The van der Waals surface area contributed by atoms with Crippen LogP contribution in [-0.2, 0) is 11.2 Å². The molecule has 7 nitrogen and oxygen atoms in total. The van der Waals surface area contributed by atoms with E-state index in [1.165, 1.54) is 6.07 Å². The van der Waals surface area contributed by atoms with Crippen LogP contribution < -0.4 is 10.9 Å². The van der Waals surface area contributed by atoms with Crippen LogP contribution in [0, 0.1) is 11.6 Å². The average molecular weight is 379 g/mol. The molecule has 0 saturated heterocycles. The van der Waals surface area contributed by atoms with Crippen molar-refractivity contribution < 1.29 is 13.6 Å². The number of carbonyl (C=O) groups is 1. The molecule has 1 amide bonds. The molecule has 0 spiro atoms. The molecular weight excluding hydrogens is 364 g/mol. The molecule has 0 atom stereocenters. The number of fused-ring (bicyclic) bond motifs is 1. The Bertz CT molecular complexity index is 1020. The average Bonchev–Trinajstić information content (AvgIpc) is 2.99. The summed E-state index contributed by atoms with van der Waals surface area (Å²) in [5.74, 6) is -1.80. The molecule has 1 aromatic carbocycles. The summed E-state index contributed by atoms with van der Waals surface area (Å²) in [5.41, 5.74) is 0.372. The van der Waals surface area contributed by atoms with Crippen molar-refractivity contribution in [3.8, 4) is 0 Å². The Morgan fingerprint density at radius 2 is 2.12 bits per heavy atom. The Balaban J connectivity index is 1.75. The molecule has 0 saturated carbocycles. The summed E-state index contributed by atoms with van der Waals surface area (Å²) in [5, 5.41) is 10.7. The molecule has 3 rings (SSSR count). The number of carbonyl (C=O) groups excluding carboxylic acids is 1. The van der Waals surface area contributed by atoms with Crippen molar-refractivity contribution in [2.45, 2.75) is 24.9 Å². The Hall–Kier alpha value is -2.75. The highest BCUT2D eigenvalue weighted by molar-refractivity contribution is 7.99. The summed E-state index contributed by atoms with van der Waals surface area (Å²) in [6.45, 7) is 1.98. The van der Waals surface area contributed by atoms with E-state index in [-0.39, 0.29) is 17.0 Å². The first-order chi connectivity index (χ1) is 12.5. The van der Waals surface area contributed by atoms with E-state index in [9.17, 15) is 18.4 Å². The van der Waals surface area contributed by atoms with Crippen LogP contribution in [0.3, 0.4) is 0 Å². The van der Waals surface area contributed by atoms with Gasteiger partial charge in [-0.25, -0.2) is 8.78 Å². The Labute approximate surface area is 150 Å². The lowest BCUT2D eigenvalue weighted by Crippen LogP contribution is -2.16. The van der Waals surface area contributed by atoms with E-state index in [4.69, 9.17) is 0 Å². The van der Waals surface area contributed by atoms with Crippen molar-refractivity contribution in [1.29, 1.82) is 0 Å². The monoisotopic (exact) mass is 379 g/mol. The lowest BCUT2D eigenvalue weighted by molar-refractivity contribution is -0.113. The van der Waals surface area contributed by atoms with Crippen molar-refractivity contribution in [2.75, 3.05) is 11.1 Å². The van der Waals surface area contributed by atoms with E-state index < -0.39 is 17.5 Å². The third-order valence-electron chi connectivity index (χ3n) is 3.50. The molecule has 136 valence electrons. The fourth-order valence-electron chi connectivity index (χ4n) is 2.41. The van der Waals surface area contributed by atoms with E-state index in [1.54, 1.807) is 4.40 Å². The van der Waals surface area contributed by atoms with Crippen molar-refractivity contribution in [2.24, 2.45) is 0 Å². The maximum absolute atomic E-state index is 13.6. The van der Waals surface area contributed by atoms with Gasteiger partial charge in [0.2, 0.25) is 11.7 Å². The number of aromatic nitrogens is 4. The van der Waals surface area contributed by atoms with Crippen molar-refractivity contribution >= 4 is 29.1 Å². The topological polar surface area (TPSA) is 92.2 Å². The predicted octanol–water partition coefficient (Wildman–Crippen LogP) is 2.38. The summed E-state index contributed by atoms with van der Waals surface area (Å²) in [7, 11) is 0. The van der Waals surface area contributed by atoms with Gasteiger partial charge in [0.05, 0.1) is 11.4 Å². The number of hydrogen-bond donors (Lipinski definition) is 2. The van der Waals surface area contributed by atoms with E-state index in [0.717, 1.165) is 36.0 Å². The normalized spacial score (nSPS) is 11.0. The molecule has 0 aliphatic carbocycles. The second-order valence-electron chi connectivity index (χ2n) is 5.48. The first-order valence-electron chi connectivity index (χ1n) is 7.83. The number of thioether (sulfide) groups is 1. The van der Waals surface area contributed by atoms with Gasteiger partial charge in [0, 0.05) is 17.8 Å². The molecule has 26 heavy (non-hydrogen) atoms. The van der Waals surface area contributed by atoms with Crippen LogP contribution in [0.5, 0.6) is 0 Å². The van der Waals surface area contributed by atoms with E-state index in [2.05, 4.69) is 20.5 Å². The minimum Gasteiger partial charge on any atom is -0.323 e. The fourth-order valence-corrected chi connectivity index (χ4v) is 3.18. The molecule has 0 fully saturated rings. The summed E-state index contributed by atoms with van der Waals surface area (Å²) < 4.78 is 28.2. The van der Waals surface area contributed by atoms with Crippen LogP contribution in [0.25, 0.3) is 5.78 Å². The third-order valence-corrected chi connectivity index (χ3v) is 4.43. The van der Waals surface area contributed by atoms with Gasteiger partial charge in [-0.05, 0) is 18.6 Å². The van der Waals surface area contributed by atoms with E-state index in [0.29, 0.717) is 23.4 Å². The second kappa shape index (κ2) is 7.65. The summed E-state index contributed by atoms with van der Waals surface area (Å²) in [6.07, 6.45) is 1.48.